The van der Waals surface area contributed by atoms with Crippen molar-refractivity contribution in [2.45, 2.75) is 6.92 Å². The van der Waals surface area contributed by atoms with E-state index in [0.717, 1.165) is 12.2 Å². The summed E-state index contributed by atoms with van der Waals surface area (Å²) in [5, 5.41) is 0. The van der Waals surface area contributed by atoms with E-state index in [1.165, 1.54) is 0 Å². The third kappa shape index (κ3) is 3.12. The van der Waals surface area contributed by atoms with Crippen molar-refractivity contribution >= 4 is 17.3 Å². The second-order valence-electron chi connectivity index (χ2n) is 3.78. The number of likely N-dealkylation sites (N-methyl/N-ethyl adjacent to an activating group) is 2. The zero-order valence-electron chi connectivity index (χ0n) is 9.97. The van der Waals surface area contributed by atoms with Crippen LogP contribution < -0.4 is 10.6 Å². The maximum Gasteiger partial charge on any atom is 0.241 e. The SMILES string of the molecule is CCN(CC(=O)N(C)C)c1cncc(N)c1. The van der Waals surface area contributed by atoms with Gasteiger partial charge in [-0.15, -0.1) is 0 Å². The number of hydrogen-bond donors (Lipinski definition) is 1. The molecule has 0 bridgehead atoms. The van der Waals surface area contributed by atoms with Crippen molar-refractivity contribution in [2.75, 3.05) is 37.8 Å². The second kappa shape index (κ2) is 5.34. The molecule has 1 amide bonds. The van der Waals surface area contributed by atoms with Crippen LogP contribution in [-0.2, 0) is 4.79 Å². The quantitative estimate of drug-likeness (QED) is 0.809. The van der Waals surface area contributed by atoms with Crippen molar-refractivity contribution < 1.29 is 4.79 Å². The summed E-state index contributed by atoms with van der Waals surface area (Å²) >= 11 is 0. The number of pyridine rings is 1. The molecule has 0 aliphatic rings. The Labute approximate surface area is 95.9 Å². The van der Waals surface area contributed by atoms with Gasteiger partial charge in [0.1, 0.15) is 0 Å². The molecule has 0 spiro atoms. The second-order valence-corrected chi connectivity index (χ2v) is 3.78. The van der Waals surface area contributed by atoms with Crippen LogP contribution in [0.3, 0.4) is 0 Å². The summed E-state index contributed by atoms with van der Waals surface area (Å²) in [6.07, 6.45) is 3.30. The molecule has 5 nitrogen and oxygen atoms in total. The Kier molecular flexibility index (Phi) is 4.10. The van der Waals surface area contributed by atoms with Gasteiger partial charge in [-0.05, 0) is 13.0 Å². The minimum Gasteiger partial charge on any atom is -0.397 e. The van der Waals surface area contributed by atoms with Crippen LogP contribution in [0, 0.1) is 0 Å². The zero-order chi connectivity index (χ0) is 12.1. The molecule has 0 atom stereocenters. The first kappa shape index (κ1) is 12.3. The van der Waals surface area contributed by atoms with Gasteiger partial charge in [-0.25, -0.2) is 0 Å². The van der Waals surface area contributed by atoms with Crippen LogP contribution in [0.5, 0.6) is 0 Å². The fourth-order valence-corrected chi connectivity index (χ4v) is 1.31. The van der Waals surface area contributed by atoms with E-state index < -0.39 is 0 Å². The maximum atomic E-state index is 11.6. The highest BCUT2D eigenvalue weighted by Crippen LogP contribution is 2.15. The van der Waals surface area contributed by atoms with Gasteiger partial charge < -0.3 is 15.5 Å². The van der Waals surface area contributed by atoms with Gasteiger partial charge in [0.05, 0.1) is 24.1 Å². The third-order valence-electron chi connectivity index (χ3n) is 2.32. The molecule has 88 valence electrons. The molecule has 1 heterocycles. The van der Waals surface area contributed by atoms with Crippen LogP contribution >= 0.6 is 0 Å². The molecule has 0 aliphatic carbocycles. The van der Waals surface area contributed by atoms with Crippen molar-refractivity contribution in [3.63, 3.8) is 0 Å². The van der Waals surface area contributed by atoms with Gasteiger partial charge in [-0.2, -0.15) is 0 Å². The molecule has 0 unspecified atom stereocenters. The highest BCUT2D eigenvalue weighted by Gasteiger charge is 2.11. The normalized spacial score (nSPS) is 9.94. The molecule has 0 fully saturated rings. The number of carbonyl (C=O) groups excluding carboxylic acids is 1. The van der Waals surface area contributed by atoms with Crippen LogP contribution in [-0.4, -0.2) is 43.0 Å². The molecule has 1 aromatic heterocycles. The van der Waals surface area contributed by atoms with E-state index in [4.69, 9.17) is 5.73 Å². The van der Waals surface area contributed by atoms with Crippen molar-refractivity contribution in [3.05, 3.63) is 18.5 Å². The van der Waals surface area contributed by atoms with E-state index in [0.29, 0.717) is 12.2 Å². The molecule has 1 rings (SSSR count). The summed E-state index contributed by atoms with van der Waals surface area (Å²) in [4.78, 5) is 19.1. The van der Waals surface area contributed by atoms with Gasteiger partial charge >= 0.3 is 0 Å². The Bertz CT molecular complexity index is 365. The molecule has 2 N–H and O–H groups in total. The lowest BCUT2D eigenvalue weighted by atomic mass is 10.3. The van der Waals surface area contributed by atoms with Gasteiger partial charge in [0.25, 0.3) is 0 Å². The van der Waals surface area contributed by atoms with Crippen molar-refractivity contribution in [3.8, 4) is 0 Å². The van der Waals surface area contributed by atoms with E-state index in [1.54, 1.807) is 31.4 Å². The number of amides is 1. The van der Waals surface area contributed by atoms with Crippen molar-refractivity contribution in [2.24, 2.45) is 0 Å². The molecule has 5 heteroatoms. The molecule has 0 saturated carbocycles. The van der Waals surface area contributed by atoms with Gasteiger partial charge in [-0.3, -0.25) is 9.78 Å². The van der Waals surface area contributed by atoms with E-state index in [2.05, 4.69) is 4.98 Å². The summed E-state index contributed by atoms with van der Waals surface area (Å²) in [6, 6.07) is 1.82. The first-order chi connectivity index (χ1) is 7.54. The number of carbonyl (C=O) groups is 1. The Morgan fingerprint density at radius 1 is 1.44 bits per heavy atom. The summed E-state index contributed by atoms with van der Waals surface area (Å²) < 4.78 is 0. The molecule has 16 heavy (non-hydrogen) atoms. The number of nitrogens with two attached hydrogens (primary N) is 1. The van der Waals surface area contributed by atoms with Gasteiger partial charge in [0, 0.05) is 26.8 Å². The number of nitrogens with zero attached hydrogens (tertiary/aromatic N) is 3. The highest BCUT2D eigenvalue weighted by molar-refractivity contribution is 5.81. The van der Waals surface area contributed by atoms with Crippen LogP contribution in [0.2, 0.25) is 0 Å². The third-order valence-corrected chi connectivity index (χ3v) is 2.32. The Morgan fingerprint density at radius 2 is 2.12 bits per heavy atom. The van der Waals surface area contributed by atoms with E-state index in [1.807, 2.05) is 17.9 Å². The first-order valence-corrected chi connectivity index (χ1v) is 5.20. The molecule has 1 aromatic rings. The van der Waals surface area contributed by atoms with Crippen LogP contribution in [0.4, 0.5) is 11.4 Å². The first-order valence-electron chi connectivity index (χ1n) is 5.20. The average molecular weight is 222 g/mol. The van der Waals surface area contributed by atoms with E-state index in [9.17, 15) is 4.79 Å². The standard InChI is InChI=1S/C11H18N4O/c1-4-15(8-11(16)14(2)3)10-5-9(12)6-13-7-10/h5-7H,4,8,12H2,1-3H3. The zero-order valence-corrected chi connectivity index (χ0v) is 9.97. The Balaban J connectivity index is 2.78. The van der Waals surface area contributed by atoms with Gasteiger partial charge in [0.2, 0.25) is 5.91 Å². The number of rotatable bonds is 4. The van der Waals surface area contributed by atoms with E-state index in [-0.39, 0.29) is 5.91 Å². The van der Waals surface area contributed by atoms with Gasteiger partial charge in [0.15, 0.2) is 0 Å². The molecule has 0 radical (unpaired) electrons. The number of hydrogen-bond acceptors (Lipinski definition) is 4. The summed E-state index contributed by atoms with van der Waals surface area (Å²) in [6.45, 7) is 3.07. The van der Waals surface area contributed by atoms with E-state index >= 15 is 0 Å². The number of nitrogen functional groups attached to an aromatic ring is 1. The topological polar surface area (TPSA) is 62.5 Å². The van der Waals surface area contributed by atoms with Crippen LogP contribution in [0.1, 0.15) is 6.92 Å². The molecule has 0 saturated heterocycles. The Morgan fingerprint density at radius 3 is 2.62 bits per heavy atom. The summed E-state index contributed by atoms with van der Waals surface area (Å²) in [7, 11) is 3.49. The minimum atomic E-state index is 0.0595. The average Bonchev–Trinajstić information content (AvgIpc) is 2.25. The highest BCUT2D eigenvalue weighted by atomic mass is 16.2. The lowest BCUT2D eigenvalue weighted by molar-refractivity contribution is -0.127. The van der Waals surface area contributed by atoms with Crippen LogP contribution in [0.15, 0.2) is 18.5 Å². The molecular formula is C11H18N4O. The van der Waals surface area contributed by atoms with Gasteiger partial charge in [-0.1, -0.05) is 0 Å². The summed E-state index contributed by atoms with van der Waals surface area (Å²) in [5.41, 5.74) is 7.13. The smallest absolute Gasteiger partial charge is 0.241 e. The van der Waals surface area contributed by atoms with Crippen LogP contribution in [0.25, 0.3) is 0 Å². The lowest BCUT2D eigenvalue weighted by Crippen LogP contribution is -2.36. The van der Waals surface area contributed by atoms with Crippen molar-refractivity contribution in [1.29, 1.82) is 0 Å². The predicted octanol–water partition coefficient (Wildman–Crippen LogP) is 0.578. The summed E-state index contributed by atoms with van der Waals surface area (Å²) in [5.74, 6) is 0.0595. The minimum absolute atomic E-state index is 0.0595. The fraction of sp³-hybridized carbons (Fsp3) is 0.455. The monoisotopic (exact) mass is 222 g/mol. The number of aromatic nitrogens is 1. The Hall–Kier alpha value is -1.78. The fourth-order valence-electron chi connectivity index (χ4n) is 1.31. The molecule has 0 aromatic carbocycles. The lowest BCUT2D eigenvalue weighted by Gasteiger charge is -2.23. The maximum absolute atomic E-state index is 11.6. The van der Waals surface area contributed by atoms with Crippen molar-refractivity contribution in [1.82, 2.24) is 9.88 Å². The number of anilines is 2. The predicted molar refractivity (Wildman–Crippen MR) is 65.2 cm³/mol. The molecule has 0 aliphatic heterocycles. The largest absolute Gasteiger partial charge is 0.397 e. The molecular weight excluding hydrogens is 204 g/mol.